The molecule has 0 amide bonds. The minimum absolute atomic E-state index is 0.266. The van der Waals surface area contributed by atoms with Crippen molar-refractivity contribution in [1.82, 2.24) is 10.2 Å². The van der Waals surface area contributed by atoms with Gasteiger partial charge in [0.15, 0.2) is 0 Å². The first-order valence-electron chi connectivity index (χ1n) is 9.19. The van der Waals surface area contributed by atoms with E-state index >= 15 is 0 Å². The van der Waals surface area contributed by atoms with Gasteiger partial charge in [-0.25, -0.2) is 0 Å². The molecular formula is C18H38N2O. The second-order valence-electron chi connectivity index (χ2n) is 6.71. The molecule has 0 bridgehead atoms. The van der Waals surface area contributed by atoms with E-state index < -0.39 is 0 Å². The Hall–Kier alpha value is -0.120. The molecule has 0 aliphatic carbocycles. The van der Waals surface area contributed by atoms with Crippen LogP contribution in [0.2, 0.25) is 0 Å². The van der Waals surface area contributed by atoms with Gasteiger partial charge in [-0.1, -0.05) is 52.4 Å². The first-order chi connectivity index (χ1) is 10.2. The first-order valence-corrected chi connectivity index (χ1v) is 9.19. The lowest BCUT2D eigenvalue weighted by atomic mass is 9.83. The summed E-state index contributed by atoms with van der Waals surface area (Å²) >= 11 is 0. The summed E-state index contributed by atoms with van der Waals surface area (Å²) in [4.78, 5) is 2.65. The summed E-state index contributed by atoms with van der Waals surface area (Å²) < 4.78 is 5.53. The molecule has 2 atom stereocenters. The van der Waals surface area contributed by atoms with Crippen LogP contribution in [0.15, 0.2) is 0 Å². The maximum atomic E-state index is 5.53. The van der Waals surface area contributed by atoms with Gasteiger partial charge in [0.2, 0.25) is 0 Å². The molecule has 1 aliphatic rings. The molecule has 0 spiro atoms. The third-order valence-electron chi connectivity index (χ3n) is 5.39. The van der Waals surface area contributed by atoms with Crippen molar-refractivity contribution in [3.63, 3.8) is 0 Å². The first kappa shape index (κ1) is 18.9. The minimum atomic E-state index is 0.266. The summed E-state index contributed by atoms with van der Waals surface area (Å²) in [6, 6.07) is 0.590. The van der Waals surface area contributed by atoms with Crippen molar-refractivity contribution in [3.8, 4) is 0 Å². The number of ether oxygens (including phenoxy) is 1. The number of rotatable bonds is 11. The molecule has 1 rings (SSSR count). The van der Waals surface area contributed by atoms with Crippen LogP contribution in [0.1, 0.15) is 72.1 Å². The number of morpholine rings is 1. The second-order valence-corrected chi connectivity index (χ2v) is 6.71. The Labute approximate surface area is 132 Å². The van der Waals surface area contributed by atoms with E-state index in [4.69, 9.17) is 4.74 Å². The van der Waals surface area contributed by atoms with E-state index in [0.29, 0.717) is 6.04 Å². The molecule has 21 heavy (non-hydrogen) atoms. The number of unbranched alkanes of at least 4 members (excludes halogenated alkanes) is 5. The summed E-state index contributed by atoms with van der Waals surface area (Å²) in [6.07, 6.45) is 10.8. The van der Waals surface area contributed by atoms with Gasteiger partial charge in [0, 0.05) is 24.7 Å². The van der Waals surface area contributed by atoms with E-state index in [-0.39, 0.29) is 5.54 Å². The molecule has 3 heteroatoms. The molecule has 0 aromatic carbocycles. The van der Waals surface area contributed by atoms with E-state index in [2.05, 4.69) is 38.0 Å². The second kappa shape index (κ2) is 10.6. The Morgan fingerprint density at radius 2 is 1.67 bits per heavy atom. The Morgan fingerprint density at radius 1 is 1.05 bits per heavy atom. The smallest absolute Gasteiger partial charge is 0.0594 e. The van der Waals surface area contributed by atoms with Crippen molar-refractivity contribution in [2.24, 2.45) is 0 Å². The fraction of sp³-hybridized carbons (Fsp3) is 1.00. The van der Waals surface area contributed by atoms with Crippen LogP contribution < -0.4 is 5.32 Å². The number of likely N-dealkylation sites (N-methyl/N-ethyl adjacent to an activating group) is 1. The van der Waals surface area contributed by atoms with Crippen LogP contribution in [0, 0.1) is 0 Å². The van der Waals surface area contributed by atoms with E-state index in [0.717, 1.165) is 26.3 Å². The average molecular weight is 299 g/mol. The molecule has 3 nitrogen and oxygen atoms in total. The standard InChI is InChI=1S/C18H38N2O/c1-5-7-8-9-10-11-12-17(19-4)18(3,6-2)20-13-15-21-16-14-20/h17,19H,5-16H2,1-4H3. The highest BCUT2D eigenvalue weighted by Gasteiger charge is 2.37. The molecule has 0 aromatic rings. The molecule has 126 valence electrons. The topological polar surface area (TPSA) is 24.5 Å². The molecule has 1 fully saturated rings. The van der Waals surface area contributed by atoms with E-state index in [1.54, 1.807) is 0 Å². The number of hydrogen-bond donors (Lipinski definition) is 1. The van der Waals surface area contributed by atoms with Gasteiger partial charge in [0.05, 0.1) is 13.2 Å². The minimum Gasteiger partial charge on any atom is -0.379 e. The molecule has 1 N–H and O–H groups in total. The van der Waals surface area contributed by atoms with Crippen LogP contribution in [-0.2, 0) is 4.74 Å². The number of nitrogens with zero attached hydrogens (tertiary/aromatic N) is 1. The Kier molecular flexibility index (Phi) is 9.54. The summed E-state index contributed by atoms with van der Waals surface area (Å²) in [5.74, 6) is 0. The Morgan fingerprint density at radius 3 is 2.24 bits per heavy atom. The van der Waals surface area contributed by atoms with Gasteiger partial charge in [0.25, 0.3) is 0 Å². The van der Waals surface area contributed by atoms with Crippen molar-refractivity contribution in [1.29, 1.82) is 0 Å². The van der Waals surface area contributed by atoms with Crippen LogP contribution in [-0.4, -0.2) is 49.8 Å². The predicted molar refractivity (Wildman–Crippen MR) is 91.9 cm³/mol. The van der Waals surface area contributed by atoms with Gasteiger partial charge >= 0.3 is 0 Å². The van der Waals surface area contributed by atoms with Crippen molar-refractivity contribution in [2.75, 3.05) is 33.4 Å². The summed E-state index contributed by atoms with van der Waals surface area (Å²) in [6.45, 7) is 11.0. The van der Waals surface area contributed by atoms with Crippen LogP contribution in [0.25, 0.3) is 0 Å². The van der Waals surface area contributed by atoms with E-state index in [9.17, 15) is 0 Å². The van der Waals surface area contributed by atoms with Crippen molar-refractivity contribution >= 4 is 0 Å². The summed E-state index contributed by atoms with van der Waals surface area (Å²) in [5, 5.41) is 3.61. The van der Waals surface area contributed by atoms with E-state index in [1.165, 1.54) is 51.4 Å². The molecule has 1 saturated heterocycles. The van der Waals surface area contributed by atoms with E-state index in [1.807, 2.05) is 0 Å². The predicted octanol–water partition coefficient (Wildman–Crippen LogP) is 3.83. The highest BCUT2D eigenvalue weighted by molar-refractivity contribution is 4.96. The highest BCUT2D eigenvalue weighted by atomic mass is 16.5. The quantitative estimate of drug-likeness (QED) is 0.587. The average Bonchev–Trinajstić information content (AvgIpc) is 2.54. The van der Waals surface area contributed by atoms with Crippen LogP contribution >= 0.6 is 0 Å². The van der Waals surface area contributed by atoms with Gasteiger partial charge in [-0.3, -0.25) is 4.90 Å². The summed E-state index contributed by atoms with van der Waals surface area (Å²) in [5.41, 5.74) is 0.266. The van der Waals surface area contributed by atoms with Gasteiger partial charge in [-0.2, -0.15) is 0 Å². The lowest BCUT2D eigenvalue weighted by Crippen LogP contribution is -2.61. The molecule has 0 radical (unpaired) electrons. The van der Waals surface area contributed by atoms with Crippen molar-refractivity contribution in [2.45, 2.75) is 83.7 Å². The zero-order chi connectivity index (χ0) is 15.6. The monoisotopic (exact) mass is 298 g/mol. The highest BCUT2D eigenvalue weighted by Crippen LogP contribution is 2.28. The fourth-order valence-electron chi connectivity index (χ4n) is 3.66. The SMILES string of the molecule is CCCCCCCCC(NC)C(C)(CC)N1CCOCC1. The van der Waals surface area contributed by atoms with Gasteiger partial charge in [-0.05, 0) is 26.8 Å². The normalized spacial score (nSPS) is 21.1. The zero-order valence-corrected chi connectivity index (χ0v) is 14.9. The largest absolute Gasteiger partial charge is 0.379 e. The van der Waals surface area contributed by atoms with Crippen molar-refractivity contribution < 1.29 is 4.74 Å². The van der Waals surface area contributed by atoms with Gasteiger partial charge < -0.3 is 10.1 Å². The van der Waals surface area contributed by atoms with Crippen LogP contribution in [0.4, 0.5) is 0 Å². The molecule has 0 saturated carbocycles. The van der Waals surface area contributed by atoms with Gasteiger partial charge in [0.1, 0.15) is 0 Å². The molecule has 1 heterocycles. The number of hydrogen-bond acceptors (Lipinski definition) is 3. The Bertz CT molecular complexity index is 254. The third kappa shape index (κ3) is 5.88. The molecule has 0 aromatic heterocycles. The maximum absolute atomic E-state index is 5.53. The lowest BCUT2D eigenvalue weighted by molar-refractivity contribution is -0.0327. The molecular weight excluding hydrogens is 260 g/mol. The van der Waals surface area contributed by atoms with Crippen LogP contribution in [0.3, 0.4) is 0 Å². The van der Waals surface area contributed by atoms with Gasteiger partial charge in [-0.15, -0.1) is 0 Å². The zero-order valence-electron chi connectivity index (χ0n) is 14.9. The summed E-state index contributed by atoms with van der Waals surface area (Å²) in [7, 11) is 2.14. The maximum Gasteiger partial charge on any atom is 0.0594 e. The molecule has 1 aliphatic heterocycles. The third-order valence-corrected chi connectivity index (χ3v) is 5.39. The number of nitrogens with one attached hydrogen (secondary N) is 1. The lowest BCUT2D eigenvalue weighted by Gasteiger charge is -2.48. The van der Waals surface area contributed by atoms with Crippen LogP contribution in [0.5, 0.6) is 0 Å². The van der Waals surface area contributed by atoms with Crippen molar-refractivity contribution in [3.05, 3.63) is 0 Å². The fourth-order valence-corrected chi connectivity index (χ4v) is 3.66. The Balaban J connectivity index is 2.42. The molecule has 2 unspecified atom stereocenters.